The summed E-state index contributed by atoms with van der Waals surface area (Å²) in [5.74, 6) is -2.51. The SMILES string of the molecule is Cc1n[nH]c(C)c1/C(O)=C1\C(=O)C(=O)N(CCCn2ccnc2)[C@H]1c1ccccc1F. The number of Topliss-reactive ketones (excluding diaryl/α,β-unsaturated/α-hetero) is 1. The molecule has 4 rings (SSSR count). The van der Waals surface area contributed by atoms with Gasteiger partial charge in [0, 0.05) is 36.7 Å². The standard InChI is InChI=1S/C22H22FN5O3/c1-13-17(14(2)26-25-13)20(29)18-19(15-6-3-4-7-16(15)23)28(22(31)21(18)30)10-5-9-27-11-8-24-12-27/h3-4,6-8,11-12,19,29H,5,9-10H2,1-2H3,(H,25,26)/b20-18+/t19-/m0/s1. The number of halogens is 1. The number of likely N-dealkylation sites (tertiary alicyclic amines) is 1. The Labute approximate surface area is 178 Å². The topological polar surface area (TPSA) is 104 Å². The van der Waals surface area contributed by atoms with Crippen LogP contribution in [0.1, 0.15) is 35.0 Å². The average molecular weight is 423 g/mol. The van der Waals surface area contributed by atoms with E-state index in [2.05, 4.69) is 15.2 Å². The van der Waals surface area contributed by atoms with Crippen molar-refractivity contribution in [3.63, 3.8) is 0 Å². The van der Waals surface area contributed by atoms with Crippen molar-refractivity contribution in [1.82, 2.24) is 24.6 Å². The van der Waals surface area contributed by atoms with Gasteiger partial charge in [0.2, 0.25) is 0 Å². The van der Waals surface area contributed by atoms with Gasteiger partial charge >= 0.3 is 0 Å². The van der Waals surface area contributed by atoms with Gasteiger partial charge in [-0.25, -0.2) is 9.37 Å². The van der Waals surface area contributed by atoms with Crippen LogP contribution >= 0.6 is 0 Å². The van der Waals surface area contributed by atoms with Crippen LogP contribution in [0.15, 0.2) is 48.6 Å². The molecule has 0 radical (unpaired) electrons. The average Bonchev–Trinajstić information content (AvgIpc) is 3.44. The number of hydrogen-bond donors (Lipinski definition) is 2. The molecule has 0 spiro atoms. The van der Waals surface area contributed by atoms with Crippen LogP contribution in [-0.4, -0.2) is 48.0 Å². The lowest BCUT2D eigenvalue weighted by molar-refractivity contribution is -0.140. The number of nitrogens with one attached hydrogen (secondary N) is 1. The molecule has 0 saturated carbocycles. The molecule has 3 aromatic rings. The quantitative estimate of drug-likeness (QED) is 0.360. The number of rotatable bonds is 6. The summed E-state index contributed by atoms with van der Waals surface area (Å²) in [4.78, 5) is 31.2. The maximum absolute atomic E-state index is 14.8. The monoisotopic (exact) mass is 423 g/mol. The molecule has 0 unspecified atom stereocenters. The second kappa shape index (κ2) is 8.17. The third kappa shape index (κ3) is 3.63. The largest absolute Gasteiger partial charge is 0.507 e. The lowest BCUT2D eigenvalue weighted by Crippen LogP contribution is -2.31. The Kier molecular flexibility index (Phi) is 5.41. The first-order valence-electron chi connectivity index (χ1n) is 9.90. The minimum absolute atomic E-state index is 0.134. The Balaban J connectivity index is 1.78. The summed E-state index contributed by atoms with van der Waals surface area (Å²) >= 11 is 0. The van der Waals surface area contributed by atoms with Crippen LogP contribution in [0, 0.1) is 19.7 Å². The van der Waals surface area contributed by atoms with Gasteiger partial charge < -0.3 is 14.6 Å². The summed E-state index contributed by atoms with van der Waals surface area (Å²) < 4.78 is 16.6. The molecule has 1 aliphatic heterocycles. The molecule has 31 heavy (non-hydrogen) atoms. The molecule has 2 N–H and O–H groups in total. The second-order valence-corrected chi connectivity index (χ2v) is 7.48. The maximum Gasteiger partial charge on any atom is 0.295 e. The number of carbonyl (C=O) groups excluding carboxylic acids is 2. The lowest BCUT2D eigenvalue weighted by atomic mass is 9.94. The normalized spacial score (nSPS) is 18.2. The molecule has 0 aliphatic carbocycles. The number of ketones is 1. The molecule has 1 fully saturated rings. The fraction of sp³-hybridized carbons (Fsp3) is 0.273. The van der Waals surface area contributed by atoms with Crippen molar-refractivity contribution in [2.24, 2.45) is 0 Å². The molecule has 1 amide bonds. The number of hydrogen-bond acceptors (Lipinski definition) is 5. The van der Waals surface area contributed by atoms with Gasteiger partial charge in [-0.3, -0.25) is 14.7 Å². The van der Waals surface area contributed by atoms with Gasteiger partial charge in [0.25, 0.3) is 11.7 Å². The molecule has 2 aromatic heterocycles. The van der Waals surface area contributed by atoms with Crippen LogP contribution in [0.25, 0.3) is 5.76 Å². The molecule has 1 atom stereocenters. The first-order chi connectivity index (χ1) is 14.9. The van der Waals surface area contributed by atoms with E-state index in [1.165, 1.54) is 23.1 Å². The Morgan fingerprint density at radius 2 is 2.00 bits per heavy atom. The third-order valence-corrected chi connectivity index (χ3v) is 5.48. The minimum Gasteiger partial charge on any atom is -0.507 e. The first-order valence-corrected chi connectivity index (χ1v) is 9.90. The smallest absolute Gasteiger partial charge is 0.295 e. The van der Waals surface area contributed by atoms with Crippen LogP contribution in [0.3, 0.4) is 0 Å². The van der Waals surface area contributed by atoms with Crippen molar-refractivity contribution in [2.75, 3.05) is 6.54 Å². The third-order valence-electron chi connectivity index (χ3n) is 5.48. The highest BCUT2D eigenvalue weighted by atomic mass is 19.1. The Morgan fingerprint density at radius 3 is 2.65 bits per heavy atom. The van der Waals surface area contributed by atoms with Gasteiger partial charge in [-0.2, -0.15) is 5.10 Å². The first kappa shape index (κ1) is 20.5. The Bertz CT molecular complexity index is 1150. The van der Waals surface area contributed by atoms with Crippen molar-refractivity contribution < 1.29 is 19.1 Å². The summed E-state index contributed by atoms with van der Waals surface area (Å²) in [6.07, 6.45) is 5.64. The molecule has 8 nitrogen and oxygen atoms in total. The van der Waals surface area contributed by atoms with Crippen molar-refractivity contribution in [3.05, 3.63) is 76.9 Å². The maximum atomic E-state index is 14.8. The highest BCUT2D eigenvalue weighted by Crippen LogP contribution is 2.41. The predicted molar refractivity (Wildman–Crippen MR) is 110 cm³/mol. The van der Waals surface area contributed by atoms with Gasteiger partial charge in [-0.1, -0.05) is 18.2 Å². The number of amides is 1. The zero-order chi connectivity index (χ0) is 22.1. The highest BCUT2D eigenvalue weighted by molar-refractivity contribution is 6.46. The number of carbonyl (C=O) groups is 2. The summed E-state index contributed by atoms with van der Waals surface area (Å²) in [5.41, 5.74) is 1.40. The van der Waals surface area contributed by atoms with E-state index in [4.69, 9.17) is 0 Å². The zero-order valence-electron chi connectivity index (χ0n) is 17.2. The number of aryl methyl sites for hydroxylation is 3. The van der Waals surface area contributed by atoms with Crippen molar-refractivity contribution in [3.8, 4) is 0 Å². The molecule has 1 aliphatic rings. The predicted octanol–water partition coefficient (Wildman–Crippen LogP) is 2.87. The zero-order valence-corrected chi connectivity index (χ0v) is 17.2. The van der Waals surface area contributed by atoms with Gasteiger partial charge in [-0.15, -0.1) is 0 Å². The molecule has 1 aromatic carbocycles. The van der Waals surface area contributed by atoms with E-state index in [0.29, 0.717) is 29.9 Å². The van der Waals surface area contributed by atoms with E-state index >= 15 is 0 Å². The van der Waals surface area contributed by atoms with Crippen LogP contribution < -0.4 is 0 Å². The van der Waals surface area contributed by atoms with E-state index in [0.717, 1.165) is 0 Å². The van der Waals surface area contributed by atoms with Crippen LogP contribution in [0.5, 0.6) is 0 Å². The number of imidazole rings is 1. The fourth-order valence-electron chi connectivity index (χ4n) is 4.01. The van der Waals surface area contributed by atoms with Gasteiger partial charge in [-0.05, 0) is 26.3 Å². The minimum atomic E-state index is -1.03. The highest BCUT2D eigenvalue weighted by Gasteiger charge is 2.47. The summed E-state index contributed by atoms with van der Waals surface area (Å²) in [6, 6.07) is 4.94. The molecule has 0 bridgehead atoms. The summed E-state index contributed by atoms with van der Waals surface area (Å²) in [6.45, 7) is 4.17. The van der Waals surface area contributed by atoms with E-state index in [9.17, 15) is 19.1 Å². The van der Waals surface area contributed by atoms with Gasteiger partial charge in [0.15, 0.2) is 0 Å². The molecule has 9 heteroatoms. The Morgan fingerprint density at radius 1 is 1.23 bits per heavy atom. The fourth-order valence-corrected chi connectivity index (χ4v) is 4.01. The van der Waals surface area contributed by atoms with E-state index in [1.54, 1.807) is 38.6 Å². The van der Waals surface area contributed by atoms with Gasteiger partial charge in [0.1, 0.15) is 11.6 Å². The van der Waals surface area contributed by atoms with E-state index in [-0.39, 0.29) is 23.4 Å². The van der Waals surface area contributed by atoms with Crippen LogP contribution in [0.2, 0.25) is 0 Å². The Hall–Kier alpha value is -3.75. The molecular formula is C22H22FN5O3. The van der Waals surface area contributed by atoms with Crippen LogP contribution in [-0.2, 0) is 16.1 Å². The van der Waals surface area contributed by atoms with E-state index < -0.39 is 23.5 Å². The summed E-state index contributed by atoms with van der Waals surface area (Å²) in [7, 11) is 0. The number of benzene rings is 1. The number of aromatic nitrogens is 4. The van der Waals surface area contributed by atoms with Crippen molar-refractivity contribution in [2.45, 2.75) is 32.9 Å². The molecule has 1 saturated heterocycles. The second-order valence-electron chi connectivity index (χ2n) is 7.48. The number of aromatic amines is 1. The van der Waals surface area contributed by atoms with Crippen molar-refractivity contribution in [1.29, 1.82) is 0 Å². The molecule has 160 valence electrons. The van der Waals surface area contributed by atoms with Crippen molar-refractivity contribution >= 4 is 17.4 Å². The summed E-state index contributed by atoms with van der Waals surface area (Å²) in [5, 5.41) is 17.9. The van der Waals surface area contributed by atoms with Gasteiger partial charge in [0.05, 0.1) is 29.2 Å². The van der Waals surface area contributed by atoms with E-state index in [1.807, 2.05) is 4.57 Å². The number of aliphatic hydroxyl groups excluding tert-OH is 1. The van der Waals surface area contributed by atoms with Crippen LogP contribution in [0.4, 0.5) is 4.39 Å². The number of aliphatic hydroxyl groups is 1. The lowest BCUT2D eigenvalue weighted by Gasteiger charge is -2.25. The number of nitrogens with zero attached hydrogens (tertiary/aromatic N) is 4. The molecule has 3 heterocycles. The molecular weight excluding hydrogens is 401 g/mol. The number of H-pyrrole nitrogens is 1.